The van der Waals surface area contributed by atoms with Crippen LogP contribution >= 0.6 is 0 Å². The molecule has 1 aromatic carbocycles. The Labute approximate surface area is 236 Å². The Kier molecular flexibility index (Phi) is 8.87. The van der Waals surface area contributed by atoms with Crippen molar-refractivity contribution >= 4 is 34.7 Å². The number of anilines is 2. The number of fused-ring (bicyclic) bond motifs is 1. The van der Waals surface area contributed by atoms with E-state index in [1.165, 1.54) is 4.90 Å². The second kappa shape index (κ2) is 12.7. The van der Waals surface area contributed by atoms with Crippen LogP contribution in [0.15, 0.2) is 48.7 Å². The molecule has 0 aliphatic carbocycles. The first-order chi connectivity index (χ1) is 19.7. The van der Waals surface area contributed by atoms with Crippen molar-refractivity contribution in [2.24, 2.45) is 5.92 Å². The number of halogens is 3. The van der Waals surface area contributed by atoms with Crippen LogP contribution in [-0.2, 0) is 4.79 Å². The summed E-state index contributed by atoms with van der Waals surface area (Å²) in [6, 6.07) is 10.9. The molecule has 5 rings (SSSR count). The number of nitrogens with one attached hydrogen (secondary N) is 3. The van der Waals surface area contributed by atoms with E-state index in [0.29, 0.717) is 42.6 Å². The van der Waals surface area contributed by atoms with E-state index in [1.807, 2.05) is 30.3 Å². The van der Waals surface area contributed by atoms with E-state index >= 15 is 0 Å². The van der Waals surface area contributed by atoms with E-state index < -0.39 is 24.9 Å². The lowest BCUT2D eigenvalue weighted by Gasteiger charge is -2.27. The Morgan fingerprint density at radius 3 is 2.59 bits per heavy atom. The van der Waals surface area contributed by atoms with Gasteiger partial charge in [0.15, 0.2) is 5.65 Å². The molecule has 12 heteroatoms. The third-order valence-electron chi connectivity index (χ3n) is 7.59. The van der Waals surface area contributed by atoms with Crippen LogP contribution in [0.3, 0.4) is 0 Å². The van der Waals surface area contributed by atoms with Crippen LogP contribution in [0.5, 0.6) is 0 Å². The molecule has 0 spiro atoms. The maximum absolute atomic E-state index is 12.5. The van der Waals surface area contributed by atoms with Crippen molar-refractivity contribution in [3.63, 3.8) is 0 Å². The lowest BCUT2D eigenvalue weighted by Crippen LogP contribution is -2.35. The van der Waals surface area contributed by atoms with E-state index in [1.54, 1.807) is 22.8 Å². The molecule has 41 heavy (non-hydrogen) atoms. The average molecular weight is 570 g/mol. The van der Waals surface area contributed by atoms with Gasteiger partial charge in [-0.3, -0.25) is 9.59 Å². The van der Waals surface area contributed by atoms with Crippen molar-refractivity contribution in [2.45, 2.75) is 44.7 Å². The van der Waals surface area contributed by atoms with E-state index in [-0.39, 0.29) is 12.5 Å². The quantitative estimate of drug-likeness (QED) is 0.350. The maximum Gasteiger partial charge on any atom is 0.389 e. The normalized spacial score (nSPS) is 16.5. The van der Waals surface area contributed by atoms with E-state index in [0.717, 1.165) is 49.2 Å². The molecule has 2 amide bonds. The summed E-state index contributed by atoms with van der Waals surface area (Å²) in [7, 11) is 0. The zero-order chi connectivity index (χ0) is 28.8. The minimum Gasteiger partial charge on any atom is -0.352 e. The summed E-state index contributed by atoms with van der Waals surface area (Å²) in [6.07, 6.45) is 1.46. The maximum atomic E-state index is 12.5. The molecular weight excluding hydrogens is 535 g/mol. The molecule has 3 N–H and O–H groups in total. The van der Waals surface area contributed by atoms with Gasteiger partial charge in [0.05, 0.1) is 6.42 Å². The molecule has 218 valence electrons. The van der Waals surface area contributed by atoms with Crippen molar-refractivity contribution in [1.29, 1.82) is 0 Å². The molecule has 0 radical (unpaired) electrons. The van der Waals surface area contributed by atoms with Crippen LogP contribution in [0.2, 0.25) is 0 Å². The number of hydrogen-bond donors (Lipinski definition) is 3. The minimum atomic E-state index is -4.34. The molecule has 3 aromatic rings. The van der Waals surface area contributed by atoms with Crippen LogP contribution in [0.25, 0.3) is 11.2 Å². The van der Waals surface area contributed by atoms with Crippen LogP contribution in [-0.4, -0.2) is 70.2 Å². The number of alkyl halides is 3. The first-order valence-electron chi connectivity index (χ1n) is 14.0. The van der Waals surface area contributed by atoms with Crippen molar-refractivity contribution in [3.05, 3.63) is 59.8 Å². The molecule has 2 aliphatic rings. The van der Waals surface area contributed by atoms with Crippen LogP contribution in [0.1, 0.15) is 54.4 Å². The van der Waals surface area contributed by atoms with Gasteiger partial charge in [-0.15, -0.1) is 5.10 Å². The summed E-state index contributed by atoms with van der Waals surface area (Å²) in [6.45, 7) is 3.36. The molecule has 1 saturated heterocycles. The average Bonchev–Trinajstić information content (AvgIpc) is 3.39. The number of benzene rings is 1. The minimum absolute atomic E-state index is 0.0950. The summed E-state index contributed by atoms with van der Waals surface area (Å²) in [5, 5.41) is 14.1. The molecule has 2 aliphatic heterocycles. The lowest BCUT2D eigenvalue weighted by molar-refractivity contribution is -0.148. The predicted molar refractivity (Wildman–Crippen MR) is 150 cm³/mol. The van der Waals surface area contributed by atoms with Gasteiger partial charge in [-0.05, 0) is 86.7 Å². The molecule has 0 unspecified atom stereocenters. The van der Waals surface area contributed by atoms with Crippen molar-refractivity contribution in [1.82, 2.24) is 30.1 Å². The highest BCUT2D eigenvalue weighted by atomic mass is 19.4. The van der Waals surface area contributed by atoms with Gasteiger partial charge in [-0.1, -0.05) is 6.08 Å². The fourth-order valence-electron chi connectivity index (χ4n) is 5.25. The number of hydrogen-bond acceptors (Lipinski definition) is 6. The van der Waals surface area contributed by atoms with E-state index in [9.17, 15) is 22.8 Å². The highest BCUT2D eigenvalue weighted by Crippen LogP contribution is 2.28. The van der Waals surface area contributed by atoms with E-state index in [2.05, 4.69) is 26.0 Å². The Balaban J connectivity index is 1.18. The van der Waals surface area contributed by atoms with Crippen molar-refractivity contribution in [3.8, 4) is 0 Å². The summed E-state index contributed by atoms with van der Waals surface area (Å²) < 4.78 is 39.1. The third-order valence-corrected chi connectivity index (χ3v) is 7.59. The topological polar surface area (TPSA) is 104 Å². The monoisotopic (exact) mass is 569 g/mol. The largest absolute Gasteiger partial charge is 0.389 e. The number of carbonyl (C=O) groups is 2. The zero-order valence-corrected chi connectivity index (χ0v) is 22.7. The van der Waals surface area contributed by atoms with Crippen LogP contribution in [0.4, 0.5) is 24.8 Å². The van der Waals surface area contributed by atoms with Crippen molar-refractivity contribution < 1.29 is 22.8 Å². The standard InChI is InChI=1S/C29H34F3N7O2/c30-29(31,32)13-7-25(40)38-18-11-21(12-19-38)24-2-1-17-39-26(24)36-28(37-39)35-23-5-3-22(4-6-23)27(41)34-16-10-20-8-14-33-15-9-20/h1-6,11,17,20,33H,7-10,12-16,18-19H2,(H,34,41)(H,35,37). The Morgan fingerprint density at radius 1 is 1.10 bits per heavy atom. The molecule has 2 aromatic heterocycles. The van der Waals surface area contributed by atoms with Gasteiger partial charge in [0.1, 0.15) is 0 Å². The number of amides is 2. The predicted octanol–water partition coefficient (Wildman–Crippen LogP) is 4.55. The number of pyridine rings is 1. The Hall–Kier alpha value is -3.93. The van der Waals surface area contributed by atoms with Gasteiger partial charge in [-0.25, -0.2) is 4.52 Å². The van der Waals surface area contributed by atoms with Gasteiger partial charge in [0.25, 0.3) is 5.91 Å². The number of carbonyl (C=O) groups excluding carboxylic acids is 2. The Morgan fingerprint density at radius 2 is 1.88 bits per heavy atom. The second-order valence-electron chi connectivity index (χ2n) is 10.5. The zero-order valence-electron chi connectivity index (χ0n) is 22.7. The molecule has 4 heterocycles. The van der Waals surface area contributed by atoms with Gasteiger partial charge >= 0.3 is 6.18 Å². The highest BCUT2D eigenvalue weighted by molar-refractivity contribution is 5.94. The number of nitrogens with zero attached hydrogens (tertiary/aromatic N) is 4. The molecule has 0 bridgehead atoms. The number of aromatic nitrogens is 3. The molecular formula is C29H34F3N7O2. The van der Waals surface area contributed by atoms with Crippen LogP contribution < -0.4 is 16.0 Å². The number of rotatable bonds is 9. The van der Waals surface area contributed by atoms with Gasteiger partial charge in [-0.2, -0.15) is 18.2 Å². The molecule has 9 nitrogen and oxygen atoms in total. The molecule has 0 atom stereocenters. The van der Waals surface area contributed by atoms with Gasteiger partial charge < -0.3 is 20.9 Å². The lowest BCUT2D eigenvalue weighted by atomic mass is 9.95. The highest BCUT2D eigenvalue weighted by Gasteiger charge is 2.29. The summed E-state index contributed by atoms with van der Waals surface area (Å²) in [4.78, 5) is 30.8. The van der Waals surface area contributed by atoms with Crippen LogP contribution in [0, 0.1) is 5.92 Å². The SMILES string of the molecule is O=C(NCCC1CCNCC1)c1ccc(Nc2nc3c(C4=CCN(C(=O)CCC(F)(F)F)CC4)cccn3n2)cc1. The summed E-state index contributed by atoms with van der Waals surface area (Å²) in [5.41, 5.74) is 3.76. The summed E-state index contributed by atoms with van der Waals surface area (Å²) in [5.74, 6) is 0.455. The van der Waals surface area contributed by atoms with E-state index in [4.69, 9.17) is 0 Å². The fourth-order valence-corrected chi connectivity index (χ4v) is 5.25. The third kappa shape index (κ3) is 7.63. The summed E-state index contributed by atoms with van der Waals surface area (Å²) >= 11 is 0. The fraction of sp³-hybridized carbons (Fsp3) is 0.448. The van der Waals surface area contributed by atoms with Gasteiger partial charge in [0.2, 0.25) is 11.9 Å². The smallest absolute Gasteiger partial charge is 0.352 e. The van der Waals surface area contributed by atoms with Crippen molar-refractivity contribution in [2.75, 3.05) is 38.0 Å². The first-order valence-corrected chi connectivity index (χ1v) is 14.0. The van der Waals surface area contributed by atoms with Gasteiger partial charge in [0, 0.05) is 49.1 Å². The Bertz CT molecular complexity index is 1400. The molecule has 0 saturated carbocycles. The second-order valence-corrected chi connectivity index (χ2v) is 10.5. The molecule has 1 fully saturated rings. The first kappa shape index (κ1) is 28.6. The number of piperidine rings is 1.